The molecule has 23 heavy (non-hydrogen) atoms. The molecular formula is C17H14N2O4. The van der Waals surface area contributed by atoms with E-state index in [1.54, 1.807) is 24.3 Å². The summed E-state index contributed by atoms with van der Waals surface area (Å²) in [5.74, 6) is -1.87. The summed E-state index contributed by atoms with van der Waals surface area (Å²) in [4.78, 5) is 23.6. The number of nitrogens with two attached hydrogens (primary N) is 1. The van der Waals surface area contributed by atoms with Gasteiger partial charge in [0.1, 0.15) is 17.1 Å². The molecule has 0 atom stereocenters. The Hall–Kier alpha value is -3.28. The molecule has 0 unspecified atom stereocenters. The van der Waals surface area contributed by atoms with Crippen LogP contribution in [0, 0.1) is 0 Å². The van der Waals surface area contributed by atoms with E-state index >= 15 is 0 Å². The van der Waals surface area contributed by atoms with Crippen LogP contribution >= 0.6 is 0 Å². The van der Waals surface area contributed by atoms with Crippen molar-refractivity contribution in [3.8, 4) is 22.6 Å². The first-order valence-corrected chi connectivity index (χ1v) is 6.86. The number of phenols is 1. The maximum absolute atomic E-state index is 12.1. The van der Waals surface area contributed by atoms with Crippen molar-refractivity contribution >= 4 is 16.8 Å². The lowest BCUT2D eigenvalue weighted by Gasteiger charge is -2.14. The van der Waals surface area contributed by atoms with Crippen molar-refractivity contribution in [2.75, 3.05) is 0 Å². The van der Waals surface area contributed by atoms with Crippen molar-refractivity contribution < 1.29 is 15.0 Å². The zero-order valence-corrected chi connectivity index (χ0v) is 12.3. The predicted octanol–water partition coefficient (Wildman–Crippen LogP) is 1.72. The minimum atomic E-state index is -1.05. The number of benzene rings is 2. The number of amides is 1. The Morgan fingerprint density at radius 2 is 1.70 bits per heavy atom. The number of nitrogens with zero attached hydrogens (tertiary/aromatic N) is 1. The number of carbonyl (C=O) groups excluding carboxylic acids is 1. The Balaban J connectivity index is 2.47. The van der Waals surface area contributed by atoms with Gasteiger partial charge in [0, 0.05) is 12.6 Å². The van der Waals surface area contributed by atoms with Crippen LogP contribution in [0.3, 0.4) is 0 Å². The average molecular weight is 310 g/mol. The highest BCUT2D eigenvalue weighted by atomic mass is 16.3. The normalized spacial score (nSPS) is 10.8. The average Bonchev–Trinajstić information content (AvgIpc) is 2.53. The Morgan fingerprint density at radius 1 is 1.04 bits per heavy atom. The summed E-state index contributed by atoms with van der Waals surface area (Å²) in [5, 5.41) is 20.9. The third kappa shape index (κ3) is 2.12. The van der Waals surface area contributed by atoms with E-state index in [1.165, 1.54) is 11.6 Å². The first-order chi connectivity index (χ1) is 10.9. The molecule has 1 amide bonds. The zero-order valence-electron chi connectivity index (χ0n) is 12.3. The summed E-state index contributed by atoms with van der Waals surface area (Å²) in [5.41, 5.74) is 5.44. The molecule has 116 valence electrons. The summed E-state index contributed by atoms with van der Waals surface area (Å²) >= 11 is 0. The number of rotatable bonds is 2. The van der Waals surface area contributed by atoms with Crippen LogP contribution in [-0.4, -0.2) is 20.7 Å². The summed E-state index contributed by atoms with van der Waals surface area (Å²) in [7, 11) is 1.44. The van der Waals surface area contributed by atoms with Crippen molar-refractivity contribution in [3.63, 3.8) is 0 Å². The van der Waals surface area contributed by atoms with Crippen LogP contribution in [0.5, 0.6) is 11.5 Å². The van der Waals surface area contributed by atoms with Crippen molar-refractivity contribution in [1.82, 2.24) is 4.57 Å². The van der Waals surface area contributed by atoms with Gasteiger partial charge in [0.2, 0.25) is 0 Å². The van der Waals surface area contributed by atoms with Crippen LogP contribution in [0.1, 0.15) is 10.4 Å². The van der Waals surface area contributed by atoms with E-state index in [2.05, 4.69) is 0 Å². The van der Waals surface area contributed by atoms with Gasteiger partial charge in [-0.3, -0.25) is 9.59 Å². The van der Waals surface area contributed by atoms with E-state index in [-0.39, 0.29) is 11.1 Å². The lowest BCUT2D eigenvalue weighted by atomic mass is 10.00. The fraction of sp³-hybridized carbons (Fsp3) is 0.0588. The second-order valence-corrected chi connectivity index (χ2v) is 5.17. The lowest BCUT2D eigenvalue weighted by molar-refractivity contribution is 0.0996. The van der Waals surface area contributed by atoms with Crippen LogP contribution in [0.4, 0.5) is 0 Å². The minimum Gasteiger partial charge on any atom is -0.506 e. The van der Waals surface area contributed by atoms with E-state index in [1.807, 2.05) is 18.2 Å². The van der Waals surface area contributed by atoms with E-state index in [4.69, 9.17) is 5.73 Å². The Labute approximate surface area is 131 Å². The van der Waals surface area contributed by atoms with Gasteiger partial charge in [0.15, 0.2) is 0 Å². The van der Waals surface area contributed by atoms with Crippen LogP contribution < -0.4 is 11.3 Å². The van der Waals surface area contributed by atoms with Crippen molar-refractivity contribution in [2.24, 2.45) is 12.8 Å². The molecule has 6 heteroatoms. The highest BCUT2D eigenvalue weighted by molar-refractivity contribution is 6.05. The Bertz CT molecular complexity index is 991. The fourth-order valence-corrected chi connectivity index (χ4v) is 2.67. The predicted molar refractivity (Wildman–Crippen MR) is 86.5 cm³/mol. The molecule has 3 rings (SSSR count). The molecule has 3 aromatic rings. The van der Waals surface area contributed by atoms with Gasteiger partial charge in [-0.1, -0.05) is 30.3 Å². The summed E-state index contributed by atoms with van der Waals surface area (Å²) in [6.07, 6.45) is 0. The second kappa shape index (κ2) is 5.17. The topological polar surface area (TPSA) is 106 Å². The minimum absolute atomic E-state index is 0.0160. The standard InChI is InChI=1S/C17H14N2O4/c1-19-11-8-7-10(9-5-3-2-4-6-9)14(20)12(11)15(21)13(16(18)22)17(19)23/h2-8,20-21H,1H3,(H2,18,22). The van der Waals surface area contributed by atoms with Gasteiger partial charge >= 0.3 is 0 Å². The first-order valence-electron chi connectivity index (χ1n) is 6.86. The molecule has 0 aliphatic heterocycles. The van der Waals surface area contributed by atoms with Gasteiger partial charge in [-0.25, -0.2) is 0 Å². The summed E-state index contributed by atoms with van der Waals surface area (Å²) in [6.45, 7) is 0. The number of carbonyl (C=O) groups is 1. The molecule has 0 radical (unpaired) electrons. The second-order valence-electron chi connectivity index (χ2n) is 5.17. The van der Waals surface area contributed by atoms with Gasteiger partial charge in [-0.2, -0.15) is 0 Å². The highest BCUT2D eigenvalue weighted by Gasteiger charge is 2.22. The molecular weight excluding hydrogens is 296 g/mol. The monoisotopic (exact) mass is 310 g/mol. The molecule has 0 aliphatic carbocycles. The third-order valence-corrected chi connectivity index (χ3v) is 3.84. The fourth-order valence-electron chi connectivity index (χ4n) is 2.67. The quantitative estimate of drug-likeness (QED) is 0.670. The van der Waals surface area contributed by atoms with E-state index in [0.717, 1.165) is 5.56 Å². The number of hydrogen-bond donors (Lipinski definition) is 3. The van der Waals surface area contributed by atoms with Crippen molar-refractivity contribution in [1.29, 1.82) is 0 Å². The molecule has 0 saturated heterocycles. The van der Waals surface area contributed by atoms with Crippen LogP contribution in [0.15, 0.2) is 47.3 Å². The van der Waals surface area contributed by atoms with Crippen molar-refractivity contribution in [2.45, 2.75) is 0 Å². The van der Waals surface area contributed by atoms with Crippen LogP contribution in [-0.2, 0) is 7.05 Å². The van der Waals surface area contributed by atoms with E-state index in [0.29, 0.717) is 11.1 Å². The number of phenolic OH excluding ortho intramolecular Hbond substituents is 1. The molecule has 0 saturated carbocycles. The van der Waals surface area contributed by atoms with Gasteiger partial charge < -0.3 is 20.5 Å². The van der Waals surface area contributed by atoms with Crippen LogP contribution in [0.2, 0.25) is 0 Å². The molecule has 4 N–H and O–H groups in total. The largest absolute Gasteiger partial charge is 0.506 e. The van der Waals surface area contributed by atoms with Crippen molar-refractivity contribution in [3.05, 3.63) is 58.4 Å². The lowest BCUT2D eigenvalue weighted by Crippen LogP contribution is -2.28. The first kappa shape index (κ1) is 14.6. The molecule has 0 aliphatic rings. The maximum atomic E-state index is 12.1. The number of aromatic nitrogens is 1. The number of fused-ring (bicyclic) bond motifs is 1. The number of pyridine rings is 1. The summed E-state index contributed by atoms with van der Waals surface area (Å²) in [6, 6.07) is 12.3. The molecule has 0 spiro atoms. The summed E-state index contributed by atoms with van der Waals surface area (Å²) < 4.78 is 1.17. The Morgan fingerprint density at radius 3 is 2.30 bits per heavy atom. The number of aromatic hydroxyl groups is 2. The zero-order chi connectivity index (χ0) is 16.7. The van der Waals surface area contributed by atoms with Gasteiger partial charge in [0.25, 0.3) is 11.5 Å². The molecule has 2 aromatic carbocycles. The Kier molecular flexibility index (Phi) is 3.29. The van der Waals surface area contributed by atoms with E-state index in [9.17, 15) is 19.8 Å². The smallest absolute Gasteiger partial charge is 0.267 e. The highest BCUT2D eigenvalue weighted by Crippen LogP contribution is 2.40. The van der Waals surface area contributed by atoms with Gasteiger partial charge in [-0.15, -0.1) is 0 Å². The molecule has 6 nitrogen and oxygen atoms in total. The van der Waals surface area contributed by atoms with Gasteiger partial charge in [0.05, 0.1) is 10.9 Å². The number of primary amides is 1. The number of aryl methyl sites for hydroxylation is 1. The number of hydrogen-bond acceptors (Lipinski definition) is 4. The van der Waals surface area contributed by atoms with Gasteiger partial charge in [-0.05, 0) is 17.7 Å². The maximum Gasteiger partial charge on any atom is 0.267 e. The SMILES string of the molecule is Cn1c(=O)c(C(N)=O)c(O)c2c(O)c(-c3ccccc3)ccc21. The van der Waals surface area contributed by atoms with Crippen LogP contribution in [0.25, 0.3) is 22.0 Å². The third-order valence-electron chi connectivity index (χ3n) is 3.84. The molecule has 1 heterocycles. The molecule has 1 aromatic heterocycles. The van der Waals surface area contributed by atoms with E-state index < -0.39 is 22.8 Å². The molecule has 0 fully saturated rings. The molecule has 0 bridgehead atoms.